The van der Waals surface area contributed by atoms with E-state index in [4.69, 9.17) is 5.11 Å². The number of rotatable bonds is 5. The molecule has 2 aliphatic heterocycles. The van der Waals surface area contributed by atoms with Crippen molar-refractivity contribution in [2.24, 2.45) is 5.92 Å². The smallest absolute Gasteiger partial charge is 0.341 e. The van der Waals surface area contributed by atoms with Crippen LogP contribution in [0.1, 0.15) is 29.6 Å². The van der Waals surface area contributed by atoms with E-state index in [2.05, 4.69) is 20.6 Å². The van der Waals surface area contributed by atoms with Crippen molar-refractivity contribution in [3.05, 3.63) is 33.9 Å². The topological polar surface area (TPSA) is 110 Å². The first-order valence-electron chi connectivity index (χ1n) is 9.67. The normalized spacial score (nSPS) is 20.8. The summed E-state index contributed by atoms with van der Waals surface area (Å²) in [5.41, 5.74) is -0.968. The molecule has 2 saturated heterocycles. The van der Waals surface area contributed by atoms with Crippen LogP contribution >= 0.6 is 0 Å². The highest BCUT2D eigenvalue weighted by molar-refractivity contribution is 5.91. The maximum absolute atomic E-state index is 14.7. The van der Waals surface area contributed by atoms with Crippen molar-refractivity contribution in [2.45, 2.75) is 25.3 Å². The van der Waals surface area contributed by atoms with Crippen molar-refractivity contribution in [1.29, 1.82) is 0 Å². The Morgan fingerprint density at radius 3 is 2.89 bits per heavy atom. The van der Waals surface area contributed by atoms with E-state index < -0.39 is 22.8 Å². The molecule has 4 N–H and O–H groups in total. The van der Waals surface area contributed by atoms with Crippen molar-refractivity contribution in [1.82, 2.24) is 20.6 Å². The summed E-state index contributed by atoms with van der Waals surface area (Å²) in [4.78, 5) is 32.1. The van der Waals surface area contributed by atoms with Crippen LogP contribution < -0.4 is 21.0 Å². The Hall–Kier alpha value is -2.52. The van der Waals surface area contributed by atoms with E-state index >= 15 is 0 Å². The third-order valence-electron chi connectivity index (χ3n) is 5.67. The van der Waals surface area contributed by atoms with Crippen LogP contribution in [0.15, 0.2) is 17.1 Å². The maximum Gasteiger partial charge on any atom is 0.341 e. The van der Waals surface area contributed by atoms with Crippen molar-refractivity contribution in [3.63, 3.8) is 0 Å². The number of aromatic amines is 1. The second-order valence-electron chi connectivity index (χ2n) is 7.56. The third kappa shape index (κ3) is 3.72. The second-order valence-corrected chi connectivity index (χ2v) is 7.56. The van der Waals surface area contributed by atoms with Crippen molar-refractivity contribution < 1.29 is 14.3 Å². The molecular weight excluding hydrogens is 365 g/mol. The summed E-state index contributed by atoms with van der Waals surface area (Å²) in [6, 6.07) is 1.36. The van der Waals surface area contributed by atoms with E-state index in [1.54, 1.807) is 0 Å². The molecule has 8 nitrogen and oxygen atoms in total. The largest absolute Gasteiger partial charge is 0.477 e. The first-order chi connectivity index (χ1) is 13.5. The van der Waals surface area contributed by atoms with Crippen LogP contribution in [0.5, 0.6) is 0 Å². The quantitative estimate of drug-likeness (QED) is 0.602. The number of anilines is 1. The molecule has 0 radical (unpaired) electrons. The van der Waals surface area contributed by atoms with Gasteiger partial charge in [0, 0.05) is 25.3 Å². The SMILES string of the molecule is O=C(O)c1c[nH]c2nc(N3CCC(NCC4CCNCC4)C3)c(F)cc2c1=O. The monoisotopic (exact) mass is 389 g/mol. The van der Waals surface area contributed by atoms with Gasteiger partial charge in [0.2, 0.25) is 5.43 Å². The molecule has 1 unspecified atom stereocenters. The van der Waals surface area contributed by atoms with E-state index in [1.807, 2.05) is 4.90 Å². The molecule has 2 aromatic heterocycles. The van der Waals surface area contributed by atoms with Gasteiger partial charge < -0.3 is 25.6 Å². The number of carboxylic acid groups (broad SMARTS) is 1. The number of nitrogens with one attached hydrogen (secondary N) is 3. The zero-order chi connectivity index (χ0) is 19.7. The van der Waals surface area contributed by atoms with Crippen LogP contribution in [-0.4, -0.2) is 59.8 Å². The number of aromatic nitrogens is 2. The molecular formula is C19H24FN5O3. The summed E-state index contributed by atoms with van der Waals surface area (Å²) in [5.74, 6) is -1.09. The minimum absolute atomic E-state index is 0.0547. The van der Waals surface area contributed by atoms with Crippen LogP contribution in [-0.2, 0) is 0 Å². The molecule has 0 aromatic carbocycles. The van der Waals surface area contributed by atoms with Crippen molar-refractivity contribution >= 4 is 22.8 Å². The van der Waals surface area contributed by atoms with Crippen molar-refractivity contribution in [3.8, 4) is 0 Å². The van der Waals surface area contributed by atoms with Gasteiger partial charge in [-0.2, -0.15) is 0 Å². The standard InChI is InChI=1S/C19H24FN5O3/c20-15-7-13-16(26)14(19(27)28)9-23-17(13)24-18(15)25-6-3-12(10-25)22-8-11-1-4-21-5-2-11/h7,9,11-12,21-22H,1-6,8,10H2,(H,27,28)(H,23,24,26). The molecule has 4 heterocycles. The number of carbonyl (C=O) groups is 1. The maximum atomic E-state index is 14.7. The zero-order valence-corrected chi connectivity index (χ0v) is 15.5. The number of aromatic carboxylic acids is 1. The Balaban J connectivity index is 1.48. The molecule has 0 aliphatic carbocycles. The van der Waals surface area contributed by atoms with Gasteiger partial charge in [-0.15, -0.1) is 0 Å². The van der Waals surface area contributed by atoms with Gasteiger partial charge in [0.1, 0.15) is 11.2 Å². The first kappa shape index (κ1) is 18.8. The average molecular weight is 389 g/mol. The van der Waals surface area contributed by atoms with Crippen LogP contribution in [0, 0.1) is 11.7 Å². The highest BCUT2D eigenvalue weighted by Crippen LogP contribution is 2.24. The molecule has 2 fully saturated rings. The molecule has 0 saturated carbocycles. The lowest BCUT2D eigenvalue weighted by molar-refractivity contribution is 0.0695. The molecule has 0 amide bonds. The fraction of sp³-hybridized carbons (Fsp3) is 0.526. The number of halogens is 1. The predicted octanol–water partition coefficient (Wildman–Crippen LogP) is 0.928. The minimum atomic E-state index is -1.35. The van der Waals surface area contributed by atoms with Gasteiger partial charge in [0.25, 0.3) is 0 Å². The van der Waals surface area contributed by atoms with Gasteiger partial charge in [-0.25, -0.2) is 14.2 Å². The lowest BCUT2D eigenvalue weighted by atomic mass is 9.98. The lowest BCUT2D eigenvalue weighted by Gasteiger charge is -2.25. The van der Waals surface area contributed by atoms with Gasteiger partial charge in [0.15, 0.2) is 11.6 Å². The van der Waals surface area contributed by atoms with Gasteiger partial charge in [-0.05, 0) is 50.9 Å². The van der Waals surface area contributed by atoms with Crippen LogP contribution in [0.3, 0.4) is 0 Å². The number of hydrogen-bond donors (Lipinski definition) is 4. The summed E-state index contributed by atoms with van der Waals surface area (Å²) in [6.45, 7) is 4.43. The fourth-order valence-electron chi connectivity index (χ4n) is 4.03. The number of fused-ring (bicyclic) bond motifs is 1. The molecule has 0 spiro atoms. The highest BCUT2D eigenvalue weighted by atomic mass is 19.1. The summed E-state index contributed by atoms with van der Waals surface area (Å²) >= 11 is 0. The number of nitrogens with zero attached hydrogens (tertiary/aromatic N) is 2. The van der Waals surface area contributed by atoms with Crippen LogP contribution in [0.4, 0.5) is 10.2 Å². The number of pyridine rings is 2. The van der Waals surface area contributed by atoms with Gasteiger partial charge in [0.05, 0.1) is 5.39 Å². The zero-order valence-electron chi connectivity index (χ0n) is 15.5. The van der Waals surface area contributed by atoms with E-state index in [0.29, 0.717) is 19.0 Å². The first-order valence-corrected chi connectivity index (χ1v) is 9.67. The molecule has 2 aliphatic rings. The average Bonchev–Trinajstić information content (AvgIpc) is 3.16. The van der Waals surface area contributed by atoms with E-state index in [0.717, 1.165) is 38.3 Å². The molecule has 150 valence electrons. The van der Waals surface area contributed by atoms with Crippen LogP contribution in [0.2, 0.25) is 0 Å². The fourth-order valence-corrected chi connectivity index (χ4v) is 4.03. The number of H-pyrrole nitrogens is 1. The second kappa shape index (κ2) is 7.84. The lowest BCUT2D eigenvalue weighted by Crippen LogP contribution is -2.39. The highest BCUT2D eigenvalue weighted by Gasteiger charge is 2.27. The van der Waals surface area contributed by atoms with Crippen molar-refractivity contribution in [2.75, 3.05) is 37.6 Å². The van der Waals surface area contributed by atoms with E-state index in [-0.39, 0.29) is 22.9 Å². The molecule has 9 heteroatoms. The predicted molar refractivity (Wildman–Crippen MR) is 103 cm³/mol. The summed E-state index contributed by atoms with van der Waals surface area (Å²) < 4.78 is 14.7. The Labute approximate surface area is 161 Å². The summed E-state index contributed by atoms with van der Waals surface area (Å²) in [5, 5.41) is 15.9. The number of hydrogen-bond acceptors (Lipinski definition) is 6. The molecule has 0 bridgehead atoms. The molecule has 2 aromatic rings. The minimum Gasteiger partial charge on any atom is -0.477 e. The third-order valence-corrected chi connectivity index (χ3v) is 5.67. The van der Waals surface area contributed by atoms with Gasteiger partial charge in [-0.3, -0.25) is 4.79 Å². The Kier molecular flexibility index (Phi) is 5.27. The number of carboxylic acids is 1. The van der Waals surface area contributed by atoms with Crippen LogP contribution in [0.25, 0.3) is 11.0 Å². The molecule has 28 heavy (non-hydrogen) atoms. The van der Waals surface area contributed by atoms with E-state index in [9.17, 15) is 14.0 Å². The summed E-state index contributed by atoms with van der Waals surface area (Å²) in [7, 11) is 0. The molecule has 4 rings (SSSR count). The number of piperidine rings is 1. The van der Waals surface area contributed by atoms with Gasteiger partial charge in [-0.1, -0.05) is 0 Å². The van der Waals surface area contributed by atoms with E-state index in [1.165, 1.54) is 12.8 Å². The Bertz CT molecular complexity index is 941. The van der Waals surface area contributed by atoms with Gasteiger partial charge >= 0.3 is 5.97 Å². The molecule has 1 atom stereocenters. The summed E-state index contributed by atoms with van der Waals surface area (Å²) in [6.07, 6.45) is 4.36. The Morgan fingerprint density at radius 2 is 2.14 bits per heavy atom. The Morgan fingerprint density at radius 1 is 1.36 bits per heavy atom.